The quantitative estimate of drug-likeness (QED) is 0.768. The maximum Gasteiger partial charge on any atom is 0.260 e. The van der Waals surface area contributed by atoms with Gasteiger partial charge in [-0.25, -0.2) is 0 Å². The molecule has 3 unspecified atom stereocenters. The van der Waals surface area contributed by atoms with Crippen molar-refractivity contribution in [3.63, 3.8) is 0 Å². The van der Waals surface area contributed by atoms with Gasteiger partial charge in [0.2, 0.25) is 5.91 Å². The highest BCUT2D eigenvalue weighted by Crippen LogP contribution is 2.43. The Morgan fingerprint density at radius 1 is 1.21 bits per heavy atom. The number of hydrogen-bond acceptors (Lipinski definition) is 4. The van der Waals surface area contributed by atoms with Gasteiger partial charge in [0.15, 0.2) is 0 Å². The Morgan fingerprint density at radius 3 is 2.79 bits per heavy atom. The van der Waals surface area contributed by atoms with Gasteiger partial charge in [-0.15, -0.1) is 23.1 Å². The third kappa shape index (κ3) is 4.18. The Hall–Kier alpha value is -2.05. The first-order chi connectivity index (χ1) is 13.6. The van der Waals surface area contributed by atoms with E-state index in [4.69, 9.17) is 0 Å². The average molecular weight is 413 g/mol. The van der Waals surface area contributed by atoms with E-state index in [-0.39, 0.29) is 23.8 Å². The van der Waals surface area contributed by atoms with Crippen LogP contribution in [0.3, 0.4) is 0 Å². The second kappa shape index (κ2) is 8.53. The summed E-state index contributed by atoms with van der Waals surface area (Å²) in [6, 6.07) is 14.1. The van der Waals surface area contributed by atoms with Crippen LogP contribution in [0.5, 0.6) is 0 Å². The molecule has 0 spiro atoms. The van der Waals surface area contributed by atoms with Crippen LogP contribution in [0.1, 0.15) is 29.7 Å². The maximum atomic E-state index is 12.9. The van der Waals surface area contributed by atoms with E-state index in [9.17, 15) is 9.59 Å². The van der Waals surface area contributed by atoms with Crippen molar-refractivity contribution >= 4 is 41.0 Å². The number of nitrogens with one attached hydrogen (secondary N) is 1. The molecule has 1 aromatic heterocycles. The summed E-state index contributed by atoms with van der Waals surface area (Å²) in [5.41, 5.74) is 1.05. The minimum atomic E-state index is -0.0169. The number of hydrogen-bond donors (Lipinski definition) is 1. The van der Waals surface area contributed by atoms with Crippen molar-refractivity contribution in [2.75, 3.05) is 7.05 Å². The molecular weight excluding hydrogens is 388 g/mol. The fourth-order valence-electron chi connectivity index (χ4n) is 3.97. The van der Waals surface area contributed by atoms with Crippen LogP contribution < -0.4 is 5.32 Å². The van der Waals surface area contributed by atoms with E-state index in [0.717, 1.165) is 29.7 Å². The molecule has 146 valence electrons. The number of rotatable bonds is 4. The molecule has 0 bridgehead atoms. The number of likely N-dealkylation sites (N-methyl/N-ethyl adjacent to an activating group) is 1. The summed E-state index contributed by atoms with van der Waals surface area (Å²) in [6.07, 6.45) is 4.57. The third-order valence-electron chi connectivity index (χ3n) is 5.55. The van der Waals surface area contributed by atoms with Gasteiger partial charge in [0.25, 0.3) is 5.91 Å². The molecule has 1 saturated heterocycles. The number of carbonyl (C=O) groups excluding carboxylic acids is 2. The molecule has 2 aromatic rings. The molecule has 1 aromatic carbocycles. The van der Waals surface area contributed by atoms with Crippen molar-refractivity contribution in [3.05, 3.63) is 63.2 Å². The number of benzene rings is 1. The van der Waals surface area contributed by atoms with Crippen LogP contribution in [0, 0.1) is 5.92 Å². The summed E-state index contributed by atoms with van der Waals surface area (Å²) < 4.78 is 0. The highest BCUT2D eigenvalue weighted by atomic mass is 32.2. The first-order valence-corrected chi connectivity index (χ1v) is 11.4. The van der Waals surface area contributed by atoms with Gasteiger partial charge >= 0.3 is 0 Å². The maximum absolute atomic E-state index is 12.9. The molecule has 0 radical (unpaired) electrons. The number of amides is 2. The Balaban J connectivity index is 1.40. The zero-order valence-electron chi connectivity index (χ0n) is 15.8. The van der Waals surface area contributed by atoms with E-state index in [1.165, 1.54) is 4.88 Å². The molecule has 1 aliphatic carbocycles. The van der Waals surface area contributed by atoms with Crippen molar-refractivity contribution in [2.45, 2.75) is 37.1 Å². The highest BCUT2D eigenvalue weighted by molar-refractivity contribution is 8.04. The number of thioether (sulfide) groups is 1. The van der Waals surface area contributed by atoms with Crippen molar-refractivity contribution < 1.29 is 9.59 Å². The monoisotopic (exact) mass is 412 g/mol. The molecule has 4 nitrogen and oxygen atoms in total. The molecule has 2 aliphatic rings. The first-order valence-electron chi connectivity index (χ1n) is 9.62. The largest absolute Gasteiger partial charge is 0.351 e. The molecule has 28 heavy (non-hydrogen) atoms. The lowest BCUT2D eigenvalue weighted by molar-refractivity contribution is -0.132. The lowest BCUT2D eigenvalue weighted by atomic mass is 9.83. The van der Waals surface area contributed by atoms with Crippen LogP contribution in [0.2, 0.25) is 0 Å². The van der Waals surface area contributed by atoms with Gasteiger partial charge in [0.05, 0.1) is 11.4 Å². The minimum absolute atomic E-state index is 0.0169. The second-order valence-corrected chi connectivity index (χ2v) is 9.68. The molecule has 2 heterocycles. The van der Waals surface area contributed by atoms with Crippen molar-refractivity contribution in [2.24, 2.45) is 5.92 Å². The first kappa shape index (κ1) is 19.3. The summed E-state index contributed by atoms with van der Waals surface area (Å²) in [5.74, 6) is 0.162. The Labute approximate surface area is 174 Å². The Bertz CT molecular complexity index is 864. The van der Waals surface area contributed by atoms with Crippen LogP contribution in [0.4, 0.5) is 0 Å². The molecule has 6 heteroatoms. The van der Waals surface area contributed by atoms with Gasteiger partial charge in [-0.2, -0.15) is 0 Å². The molecule has 3 atom stereocenters. The third-order valence-corrected chi connectivity index (χ3v) is 7.82. The van der Waals surface area contributed by atoms with E-state index in [0.29, 0.717) is 11.8 Å². The molecular formula is C22H24N2O2S2. The van der Waals surface area contributed by atoms with Gasteiger partial charge in [0, 0.05) is 29.1 Å². The van der Waals surface area contributed by atoms with E-state index < -0.39 is 0 Å². The molecule has 2 amide bonds. The van der Waals surface area contributed by atoms with Crippen molar-refractivity contribution in [1.29, 1.82) is 0 Å². The number of carbonyl (C=O) groups is 2. The summed E-state index contributed by atoms with van der Waals surface area (Å²) >= 11 is 3.34. The Morgan fingerprint density at radius 2 is 2.04 bits per heavy atom. The smallest absolute Gasteiger partial charge is 0.260 e. The average Bonchev–Trinajstić information content (AvgIpc) is 3.24. The predicted octanol–water partition coefficient (Wildman–Crippen LogP) is 4.15. The highest BCUT2D eigenvalue weighted by Gasteiger charge is 2.42. The number of fused-ring (bicyclic) bond motifs is 1. The van der Waals surface area contributed by atoms with E-state index in [1.807, 2.05) is 65.9 Å². The zero-order chi connectivity index (χ0) is 19.5. The fourth-order valence-corrected chi connectivity index (χ4v) is 6.09. The summed E-state index contributed by atoms with van der Waals surface area (Å²) in [4.78, 5) is 29.3. The van der Waals surface area contributed by atoms with Gasteiger partial charge < -0.3 is 10.2 Å². The van der Waals surface area contributed by atoms with E-state index in [1.54, 1.807) is 23.1 Å². The zero-order valence-corrected chi connectivity index (χ0v) is 17.5. The molecule has 1 aliphatic heterocycles. The Kier molecular flexibility index (Phi) is 5.87. The predicted molar refractivity (Wildman–Crippen MR) is 116 cm³/mol. The second-order valence-electron chi connectivity index (χ2n) is 7.37. The van der Waals surface area contributed by atoms with Crippen LogP contribution in [-0.2, 0) is 16.1 Å². The van der Waals surface area contributed by atoms with Crippen LogP contribution in [0.25, 0.3) is 6.08 Å². The topological polar surface area (TPSA) is 49.4 Å². The van der Waals surface area contributed by atoms with Gasteiger partial charge in [0.1, 0.15) is 0 Å². The van der Waals surface area contributed by atoms with Gasteiger partial charge in [-0.3, -0.25) is 9.59 Å². The van der Waals surface area contributed by atoms with E-state index in [2.05, 4.69) is 5.32 Å². The normalized spacial score (nSPS) is 26.2. The summed E-state index contributed by atoms with van der Waals surface area (Å²) in [6.45, 7) is 0.592. The molecule has 4 rings (SSSR count). The van der Waals surface area contributed by atoms with Crippen LogP contribution in [-0.4, -0.2) is 35.1 Å². The lowest BCUT2D eigenvalue weighted by Crippen LogP contribution is -2.52. The van der Waals surface area contributed by atoms with Gasteiger partial charge in [-0.1, -0.05) is 36.4 Å². The van der Waals surface area contributed by atoms with Gasteiger partial charge in [-0.05, 0) is 42.3 Å². The van der Waals surface area contributed by atoms with Crippen LogP contribution in [0.15, 0.2) is 52.7 Å². The molecule has 2 fully saturated rings. The number of thiophene rings is 1. The number of nitrogens with zero attached hydrogens (tertiary/aromatic N) is 1. The summed E-state index contributed by atoms with van der Waals surface area (Å²) in [5, 5.41) is 5.45. The van der Waals surface area contributed by atoms with Crippen molar-refractivity contribution in [1.82, 2.24) is 10.2 Å². The standard InChI is InChI=1S/C22H24N2O2S2/c1-24-18-13-16(21(25)23-14-17-8-5-11-27-17)9-10-19(18)28-20(22(24)26)12-15-6-3-2-4-7-15/h2-8,11-12,16,18-19H,9-10,13-14H2,1H3,(H,23,25)/b20-12+. The molecule has 1 saturated carbocycles. The van der Waals surface area contributed by atoms with E-state index >= 15 is 0 Å². The minimum Gasteiger partial charge on any atom is -0.351 e. The summed E-state index contributed by atoms with van der Waals surface area (Å²) in [7, 11) is 1.88. The fraction of sp³-hybridized carbons (Fsp3) is 0.364. The van der Waals surface area contributed by atoms with Crippen LogP contribution >= 0.6 is 23.1 Å². The van der Waals surface area contributed by atoms with Crippen molar-refractivity contribution in [3.8, 4) is 0 Å². The lowest BCUT2D eigenvalue weighted by Gasteiger charge is -2.44. The SMILES string of the molecule is CN1C(=O)/C(=C\c2ccccc2)SC2CCC(C(=O)NCc3cccs3)CC21. The molecule has 1 N–H and O–H groups in total.